The average Bonchev–Trinajstić information content (AvgIpc) is 3.28. The van der Waals surface area contributed by atoms with Crippen LogP contribution in [0, 0.1) is 17.0 Å². The number of halogens is 3. The van der Waals surface area contributed by atoms with E-state index in [1.54, 1.807) is 37.4 Å². The van der Waals surface area contributed by atoms with Gasteiger partial charge in [0.25, 0.3) is 0 Å². The van der Waals surface area contributed by atoms with Crippen molar-refractivity contribution in [2.24, 2.45) is 0 Å². The van der Waals surface area contributed by atoms with Crippen LogP contribution in [0.1, 0.15) is 29.1 Å². The Morgan fingerprint density at radius 3 is 2.50 bits per heavy atom. The second-order valence-electron chi connectivity index (χ2n) is 8.47. The summed E-state index contributed by atoms with van der Waals surface area (Å²) in [6.45, 7) is 3.87. The number of hydrogen-bond donors (Lipinski definition) is 0. The van der Waals surface area contributed by atoms with E-state index in [0.717, 1.165) is 11.3 Å². The van der Waals surface area contributed by atoms with E-state index in [1.807, 2.05) is 42.7 Å². The summed E-state index contributed by atoms with van der Waals surface area (Å²) in [5.41, 5.74) is 2.22. The Hall–Kier alpha value is -2.99. The van der Waals surface area contributed by atoms with Crippen molar-refractivity contribution in [3.63, 3.8) is 0 Å². The molecule has 4 aromatic rings. The van der Waals surface area contributed by atoms with Crippen molar-refractivity contribution in [1.82, 2.24) is 14.8 Å². The number of aromatic nitrogens is 3. The van der Waals surface area contributed by atoms with E-state index in [-0.39, 0.29) is 18.1 Å². The van der Waals surface area contributed by atoms with Crippen molar-refractivity contribution in [1.29, 1.82) is 0 Å². The zero-order valence-corrected chi connectivity index (χ0v) is 25.7. The fourth-order valence-electron chi connectivity index (χ4n) is 3.89. The Balaban J connectivity index is 1.66. The van der Waals surface area contributed by atoms with Crippen LogP contribution in [0.3, 0.4) is 0 Å². The highest BCUT2D eigenvalue weighted by atomic mass is 79.9. The lowest BCUT2D eigenvalue weighted by Crippen LogP contribution is -2.12. The van der Waals surface area contributed by atoms with Crippen molar-refractivity contribution >= 4 is 50.9 Å². The molecule has 1 heterocycles. The number of nitro groups is 1. The molecule has 0 spiro atoms. The predicted molar refractivity (Wildman–Crippen MR) is 159 cm³/mol. The van der Waals surface area contributed by atoms with Gasteiger partial charge in [-0.1, -0.05) is 41.0 Å². The van der Waals surface area contributed by atoms with Crippen LogP contribution >= 0.6 is 50.9 Å². The van der Waals surface area contributed by atoms with Crippen molar-refractivity contribution in [3.8, 4) is 22.9 Å². The quantitative estimate of drug-likeness (QED) is 0.0859. The van der Waals surface area contributed by atoms with Crippen LogP contribution in [0.2, 0.25) is 10.0 Å². The summed E-state index contributed by atoms with van der Waals surface area (Å²) in [4.78, 5) is 11.4. The molecule has 210 valence electrons. The molecule has 9 nitrogen and oxygen atoms in total. The minimum Gasteiger partial charge on any atom is -0.497 e. The first-order valence-electron chi connectivity index (χ1n) is 12.1. The van der Waals surface area contributed by atoms with Gasteiger partial charge < -0.3 is 14.2 Å². The minimum absolute atomic E-state index is 0.172. The van der Waals surface area contributed by atoms with Crippen molar-refractivity contribution < 1.29 is 19.1 Å². The lowest BCUT2D eigenvalue weighted by molar-refractivity contribution is -0.479. The largest absolute Gasteiger partial charge is 0.497 e. The molecular weight excluding hydrogens is 643 g/mol. The fourth-order valence-corrected chi connectivity index (χ4v) is 6.08. The van der Waals surface area contributed by atoms with E-state index in [1.165, 1.54) is 11.8 Å². The Labute approximate surface area is 254 Å². The van der Waals surface area contributed by atoms with Gasteiger partial charge in [-0.15, -0.1) is 10.2 Å². The Morgan fingerprint density at radius 1 is 1.10 bits per heavy atom. The number of methoxy groups -OCH3 is 1. The highest BCUT2D eigenvalue weighted by molar-refractivity contribution is 9.10. The minimum atomic E-state index is -0.606. The maximum absolute atomic E-state index is 11.7. The van der Waals surface area contributed by atoms with Crippen molar-refractivity contribution in [2.75, 3.05) is 20.3 Å². The number of hydrogen-bond acceptors (Lipinski definition) is 8. The Morgan fingerprint density at radius 2 is 1.85 bits per heavy atom. The number of thioether (sulfide) groups is 1. The van der Waals surface area contributed by atoms with Gasteiger partial charge >= 0.3 is 0 Å². The monoisotopic (exact) mass is 666 g/mol. The van der Waals surface area contributed by atoms with Gasteiger partial charge in [0, 0.05) is 26.2 Å². The van der Waals surface area contributed by atoms with E-state index in [0.29, 0.717) is 54.9 Å². The smallest absolute Gasteiger partial charge is 0.220 e. The van der Waals surface area contributed by atoms with Crippen LogP contribution in [0.4, 0.5) is 0 Å². The normalized spacial score (nSPS) is 11.8. The first-order chi connectivity index (χ1) is 19.2. The van der Waals surface area contributed by atoms with Crippen LogP contribution in [0.25, 0.3) is 5.69 Å². The molecule has 4 rings (SSSR count). The number of aryl methyl sites for hydroxylation is 1. The molecule has 0 aliphatic rings. The molecule has 0 aliphatic carbocycles. The van der Waals surface area contributed by atoms with Crippen molar-refractivity contribution in [3.05, 3.63) is 96.2 Å². The molecule has 1 atom stereocenters. The topological polar surface area (TPSA) is 102 Å². The first-order valence-corrected chi connectivity index (χ1v) is 14.5. The molecule has 0 N–H and O–H groups in total. The lowest BCUT2D eigenvalue weighted by Gasteiger charge is -2.19. The Bertz CT molecular complexity index is 1500. The van der Waals surface area contributed by atoms with Gasteiger partial charge in [0.2, 0.25) is 6.54 Å². The first kappa shape index (κ1) is 30.0. The molecule has 0 fully saturated rings. The molecule has 0 unspecified atom stereocenters. The van der Waals surface area contributed by atoms with Crippen LogP contribution in [-0.4, -0.2) is 39.9 Å². The van der Waals surface area contributed by atoms with Crippen LogP contribution in [0.5, 0.6) is 17.2 Å². The summed E-state index contributed by atoms with van der Waals surface area (Å²) >= 11 is 17.1. The molecule has 0 aliphatic heterocycles. The second-order valence-corrected chi connectivity index (χ2v) is 11.3. The average molecular weight is 668 g/mol. The molecule has 13 heteroatoms. The summed E-state index contributed by atoms with van der Waals surface area (Å²) < 4.78 is 19.7. The summed E-state index contributed by atoms with van der Waals surface area (Å²) in [6.07, 6.45) is 0. The zero-order valence-electron chi connectivity index (χ0n) is 21.8. The molecular formula is C27H25BrCl2N4O5S. The van der Waals surface area contributed by atoms with Gasteiger partial charge in [-0.05, 0) is 83.9 Å². The third-order valence-corrected chi connectivity index (χ3v) is 8.14. The number of ether oxygens (including phenoxy) is 3. The standard InChI is InChI=1S/C27H25BrCl2N4O5S/c1-4-38-24-12-18(11-22(28)26(24)39-15-17-5-6-19(29)13-23(17)30)25(14-33(35)36)40-27-32-31-16(2)34(27)20-7-9-21(37-3)10-8-20/h5-13,25H,4,14-15H2,1-3H3/t25-/m0/s1. The molecule has 0 saturated heterocycles. The summed E-state index contributed by atoms with van der Waals surface area (Å²) in [5, 5.41) is 21.2. The molecule has 0 bridgehead atoms. The third-order valence-electron chi connectivity index (χ3n) is 5.78. The highest BCUT2D eigenvalue weighted by Crippen LogP contribution is 2.43. The van der Waals surface area contributed by atoms with E-state index >= 15 is 0 Å². The molecule has 0 radical (unpaired) electrons. The summed E-state index contributed by atoms with van der Waals surface area (Å²) in [6, 6.07) is 16.2. The number of nitrogens with zero attached hydrogens (tertiary/aromatic N) is 4. The molecule has 1 aromatic heterocycles. The number of rotatable bonds is 12. The fraction of sp³-hybridized carbons (Fsp3) is 0.259. The summed E-state index contributed by atoms with van der Waals surface area (Å²) in [5.74, 6) is 2.26. The van der Waals surface area contributed by atoms with Gasteiger partial charge in [0.1, 0.15) is 23.4 Å². The Kier molecular flexibility index (Phi) is 10.2. The summed E-state index contributed by atoms with van der Waals surface area (Å²) in [7, 11) is 1.60. The molecule has 40 heavy (non-hydrogen) atoms. The maximum Gasteiger partial charge on any atom is 0.220 e. The van der Waals surface area contributed by atoms with E-state index in [9.17, 15) is 10.1 Å². The highest BCUT2D eigenvalue weighted by Gasteiger charge is 2.26. The number of benzene rings is 3. The van der Waals surface area contributed by atoms with Gasteiger partial charge in [0.05, 0.1) is 18.2 Å². The lowest BCUT2D eigenvalue weighted by atomic mass is 10.1. The SMILES string of the molecule is CCOc1cc([C@H](C[N+](=O)[O-])Sc2nnc(C)n2-c2ccc(OC)cc2)cc(Br)c1OCc1ccc(Cl)cc1Cl. The third kappa shape index (κ3) is 7.20. The van der Waals surface area contributed by atoms with Gasteiger partial charge in [-0.2, -0.15) is 0 Å². The molecule has 3 aromatic carbocycles. The van der Waals surface area contributed by atoms with Gasteiger partial charge in [0.15, 0.2) is 16.7 Å². The zero-order chi connectivity index (χ0) is 28.8. The maximum atomic E-state index is 11.7. The second kappa shape index (κ2) is 13.6. The van der Waals surface area contributed by atoms with Crippen molar-refractivity contribution in [2.45, 2.75) is 30.9 Å². The van der Waals surface area contributed by atoms with E-state index in [4.69, 9.17) is 37.4 Å². The molecule has 0 amide bonds. The van der Waals surface area contributed by atoms with Gasteiger partial charge in [-0.3, -0.25) is 14.7 Å². The van der Waals surface area contributed by atoms with Crippen LogP contribution in [-0.2, 0) is 6.61 Å². The van der Waals surface area contributed by atoms with E-state index < -0.39 is 5.25 Å². The van der Waals surface area contributed by atoms with E-state index in [2.05, 4.69) is 26.1 Å². The predicted octanol–water partition coefficient (Wildman–Crippen LogP) is 7.74. The van der Waals surface area contributed by atoms with Gasteiger partial charge in [-0.25, -0.2) is 0 Å². The van der Waals surface area contributed by atoms with Crippen LogP contribution in [0.15, 0.2) is 64.2 Å². The molecule has 0 saturated carbocycles. The van der Waals surface area contributed by atoms with Crippen LogP contribution < -0.4 is 14.2 Å².